The molecule has 1 heterocycles. The summed E-state index contributed by atoms with van der Waals surface area (Å²) >= 11 is 0. The first-order valence-electron chi connectivity index (χ1n) is 5.64. The summed E-state index contributed by atoms with van der Waals surface area (Å²) in [5, 5.41) is 2.23. The molecule has 1 aliphatic heterocycles. The average Bonchev–Trinajstić information content (AvgIpc) is 2.38. The standard InChI is InChI=1S/C14H14N2O/c15-8-14-11-4-2-1-3-10(11)12-7-9(16)5-6-13(12)17-14/h1-7,13H,8,15-16H2. The van der Waals surface area contributed by atoms with Gasteiger partial charge in [0.25, 0.3) is 0 Å². The van der Waals surface area contributed by atoms with E-state index >= 15 is 0 Å². The van der Waals surface area contributed by atoms with Crippen LogP contribution in [0.15, 0.2) is 48.2 Å². The third-order valence-electron chi connectivity index (χ3n) is 3.09. The average molecular weight is 226 g/mol. The van der Waals surface area contributed by atoms with Crippen molar-refractivity contribution in [3.63, 3.8) is 0 Å². The van der Waals surface area contributed by atoms with Crippen molar-refractivity contribution in [3.05, 3.63) is 58.6 Å². The Morgan fingerprint density at radius 1 is 1.18 bits per heavy atom. The lowest BCUT2D eigenvalue weighted by molar-refractivity contribution is 0.248. The highest BCUT2D eigenvalue weighted by Crippen LogP contribution is 2.21. The van der Waals surface area contributed by atoms with Gasteiger partial charge >= 0.3 is 0 Å². The maximum Gasteiger partial charge on any atom is 0.143 e. The highest BCUT2D eigenvalue weighted by molar-refractivity contribution is 5.70. The molecular weight excluding hydrogens is 212 g/mol. The largest absolute Gasteiger partial charge is 0.484 e. The summed E-state index contributed by atoms with van der Waals surface area (Å²) in [4.78, 5) is 0. The monoisotopic (exact) mass is 226 g/mol. The van der Waals surface area contributed by atoms with Crippen LogP contribution in [-0.2, 0) is 4.74 Å². The molecule has 1 unspecified atom stereocenters. The predicted molar refractivity (Wildman–Crippen MR) is 67.8 cm³/mol. The first-order chi connectivity index (χ1) is 8.29. The maximum absolute atomic E-state index is 5.88. The molecule has 0 bridgehead atoms. The lowest BCUT2D eigenvalue weighted by Crippen LogP contribution is -2.40. The van der Waals surface area contributed by atoms with Gasteiger partial charge in [-0.3, -0.25) is 0 Å². The molecule has 0 amide bonds. The van der Waals surface area contributed by atoms with Crippen molar-refractivity contribution in [3.8, 4) is 0 Å². The smallest absolute Gasteiger partial charge is 0.143 e. The number of hydrogen-bond donors (Lipinski definition) is 2. The number of nitrogens with two attached hydrogens (primary N) is 2. The fourth-order valence-electron chi connectivity index (χ4n) is 2.30. The second-order valence-corrected chi connectivity index (χ2v) is 4.17. The zero-order chi connectivity index (χ0) is 11.8. The second-order valence-electron chi connectivity index (χ2n) is 4.17. The van der Waals surface area contributed by atoms with Gasteiger partial charge in [-0.25, -0.2) is 0 Å². The van der Waals surface area contributed by atoms with Crippen molar-refractivity contribution in [2.75, 3.05) is 6.54 Å². The molecule has 1 aromatic rings. The quantitative estimate of drug-likeness (QED) is 0.692. The first-order valence-corrected chi connectivity index (χ1v) is 5.64. The molecule has 2 aliphatic rings. The summed E-state index contributed by atoms with van der Waals surface area (Å²) in [6.45, 7) is 0.411. The Labute approximate surface area is 99.4 Å². The minimum atomic E-state index is -0.0595. The summed E-state index contributed by atoms with van der Waals surface area (Å²) in [5.41, 5.74) is 13.4. The molecule has 0 radical (unpaired) electrons. The Hall–Kier alpha value is -2.00. The van der Waals surface area contributed by atoms with Gasteiger partial charge in [-0.1, -0.05) is 24.3 Å². The highest BCUT2D eigenvalue weighted by Gasteiger charge is 2.21. The SMILES string of the molecule is NCC1=c2ccccc2=C2C=C(N)C=CC2O1. The van der Waals surface area contributed by atoms with E-state index in [1.807, 2.05) is 36.4 Å². The van der Waals surface area contributed by atoms with Crippen LogP contribution in [0.25, 0.3) is 11.3 Å². The Morgan fingerprint density at radius 2 is 1.94 bits per heavy atom. The third kappa shape index (κ3) is 1.56. The Kier molecular flexibility index (Phi) is 2.27. The molecule has 3 rings (SSSR count). The summed E-state index contributed by atoms with van der Waals surface area (Å²) in [5.74, 6) is 0.841. The predicted octanol–water partition coefficient (Wildman–Crippen LogP) is -0.285. The van der Waals surface area contributed by atoms with Crippen LogP contribution in [0.1, 0.15) is 0 Å². The molecule has 0 saturated carbocycles. The van der Waals surface area contributed by atoms with Crippen LogP contribution in [-0.4, -0.2) is 12.6 Å². The summed E-state index contributed by atoms with van der Waals surface area (Å²) < 4.78 is 5.88. The zero-order valence-electron chi connectivity index (χ0n) is 9.39. The van der Waals surface area contributed by atoms with E-state index in [0.29, 0.717) is 6.54 Å². The van der Waals surface area contributed by atoms with Gasteiger partial charge in [0.2, 0.25) is 0 Å². The van der Waals surface area contributed by atoms with Crippen molar-refractivity contribution in [1.82, 2.24) is 0 Å². The molecule has 0 saturated heterocycles. The normalized spacial score (nSPS) is 21.5. The van der Waals surface area contributed by atoms with Crippen LogP contribution < -0.4 is 21.9 Å². The zero-order valence-corrected chi connectivity index (χ0v) is 9.39. The topological polar surface area (TPSA) is 61.3 Å². The van der Waals surface area contributed by atoms with E-state index in [0.717, 1.165) is 27.5 Å². The first kappa shape index (κ1) is 10.2. The fourth-order valence-corrected chi connectivity index (χ4v) is 2.30. The second kappa shape index (κ2) is 3.79. The number of benzene rings is 1. The van der Waals surface area contributed by atoms with E-state index in [-0.39, 0.29) is 6.10 Å². The van der Waals surface area contributed by atoms with Crippen LogP contribution >= 0.6 is 0 Å². The minimum absolute atomic E-state index is 0.0595. The Morgan fingerprint density at radius 3 is 2.71 bits per heavy atom. The minimum Gasteiger partial charge on any atom is -0.484 e. The van der Waals surface area contributed by atoms with E-state index in [4.69, 9.17) is 16.2 Å². The Balaban J connectivity index is 2.40. The van der Waals surface area contributed by atoms with Gasteiger partial charge in [-0.2, -0.15) is 0 Å². The van der Waals surface area contributed by atoms with Crippen LogP contribution in [0.3, 0.4) is 0 Å². The van der Waals surface area contributed by atoms with Gasteiger partial charge in [0.15, 0.2) is 0 Å². The van der Waals surface area contributed by atoms with Gasteiger partial charge < -0.3 is 16.2 Å². The van der Waals surface area contributed by atoms with Crippen molar-refractivity contribution in [1.29, 1.82) is 0 Å². The van der Waals surface area contributed by atoms with Crippen molar-refractivity contribution < 1.29 is 4.74 Å². The molecule has 0 aromatic heterocycles. The molecule has 86 valence electrons. The van der Waals surface area contributed by atoms with Gasteiger partial charge in [0.1, 0.15) is 11.9 Å². The summed E-state index contributed by atoms with van der Waals surface area (Å²) in [6, 6.07) is 8.12. The number of rotatable bonds is 1. The van der Waals surface area contributed by atoms with E-state index < -0.39 is 0 Å². The third-order valence-corrected chi connectivity index (χ3v) is 3.09. The van der Waals surface area contributed by atoms with Gasteiger partial charge in [0.05, 0.1) is 6.54 Å². The number of hydrogen-bond acceptors (Lipinski definition) is 3. The molecule has 4 N–H and O–H groups in total. The molecule has 1 atom stereocenters. The molecule has 0 spiro atoms. The van der Waals surface area contributed by atoms with E-state index in [2.05, 4.69) is 6.07 Å². The summed E-state index contributed by atoms with van der Waals surface area (Å²) in [7, 11) is 0. The van der Waals surface area contributed by atoms with Gasteiger partial charge in [0, 0.05) is 16.5 Å². The highest BCUT2D eigenvalue weighted by atomic mass is 16.5. The molecular formula is C14H14N2O. The maximum atomic E-state index is 5.88. The Bertz CT molecular complexity index is 640. The number of allylic oxidation sites excluding steroid dienone is 1. The van der Waals surface area contributed by atoms with Crippen molar-refractivity contribution in [2.45, 2.75) is 6.10 Å². The van der Waals surface area contributed by atoms with Crippen LogP contribution in [0.4, 0.5) is 0 Å². The molecule has 1 aliphatic carbocycles. The van der Waals surface area contributed by atoms with Crippen LogP contribution in [0, 0.1) is 0 Å². The van der Waals surface area contributed by atoms with Crippen molar-refractivity contribution in [2.24, 2.45) is 11.5 Å². The van der Waals surface area contributed by atoms with E-state index in [1.165, 1.54) is 0 Å². The molecule has 17 heavy (non-hydrogen) atoms. The lowest BCUT2D eigenvalue weighted by Gasteiger charge is -2.25. The summed E-state index contributed by atoms with van der Waals surface area (Å²) in [6.07, 6.45) is 5.75. The van der Waals surface area contributed by atoms with Crippen molar-refractivity contribution >= 4 is 11.3 Å². The molecule has 1 aromatic carbocycles. The van der Waals surface area contributed by atoms with E-state index in [1.54, 1.807) is 0 Å². The molecule has 0 fully saturated rings. The number of ether oxygens (including phenoxy) is 1. The van der Waals surface area contributed by atoms with Gasteiger partial charge in [-0.05, 0) is 23.4 Å². The van der Waals surface area contributed by atoms with Gasteiger partial charge in [-0.15, -0.1) is 0 Å². The molecule has 3 nitrogen and oxygen atoms in total. The fraction of sp³-hybridized carbons (Fsp3) is 0.143. The van der Waals surface area contributed by atoms with Crippen LogP contribution in [0.5, 0.6) is 0 Å². The lowest BCUT2D eigenvalue weighted by atomic mass is 9.97. The van der Waals surface area contributed by atoms with Crippen LogP contribution in [0.2, 0.25) is 0 Å². The van der Waals surface area contributed by atoms with E-state index in [9.17, 15) is 0 Å². The molecule has 3 heteroatoms. The number of fused-ring (bicyclic) bond motifs is 2.